The van der Waals surface area contributed by atoms with Crippen molar-refractivity contribution in [3.8, 4) is 0 Å². The lowest BCUT2D eigenvalue weighted by Crippen LogP contribution is -1.67. The van der Waals surface area contributed by atoms with Crippen molar-refractivity contribution in [2.24, 2.45) is 4.99 Å². The first kappa shape index (κ1) is 7.77. The van der Waals surface area contributed by atoms with Gasteiger partial charge in [0.15, 0.2) is 0 Å². The fourth-order valence-electron chi connectivity index (χ4n) is 1.27. The number of furan rings is 1. The number of aryl methyl sites for hydroxylation is 1. The summed E-state index contributed by atoms with van der Waals surface area (Å²) >= 11 is 0. The van der Waals surface area contributed by atoms with Crippen molar-refractivity contribution in [3.63, 3.8) is 0 Å². The molecule has 13 heavy (non-hydrogen) atoms. The monoisotopic (exact) mass is 173 g/mol. The zero-order chi connectivity index (χ0) is 9.26. The third-order valence-electron chi connectivity index (χ3n) is 1.93. The molecule has 0 saturated carbocycles. The molecule has 0 bridgehead atoms. The smallest absolute Gasteiger partial charge is 0.240 e. The molecule has 0 amide bonds. The van der Waals surface area contributed by atoms with Crippen LogP contribution in [0.4, 0.5) is 5.69 Å². The quantitative estimate of drug-likeness (QED) is 0.491. The number of aliphatic imine (C=N–C) groups is 1. The minimum absolute atomic E-state index is 0.567. The maximum atomic E-state index is 9.99. The van der Waals surface area contributed by atoms with Gasteiger partial charge >= 0.3 is 0 Å². The fourth-order valence-corrected chi connectivity index (χ4v) is 1.27. The zero-order valence-electron chi connectivity index (χ0n) is 7.07. The molecule has 0 spiro atoms. The molecule has 0 radical (unpaired) electrons. The summed E-state index contributed by atoms with van der Waals surface area (Å²) in [4.78, 5) is 13.5. The molecule has 3 heteroatoms. The van der Waals surface area contributed by atoms with Crippen molar-refractivity contribution in [2.75, 3.05) is 0 Å². The van der Waals surface area contributed by atoms with Crippen LogP contribution in [0.2, 0.25) is 0 Å². The molecule has 2 aromatic rings. The molecular formula is C10H7NO2. The van der Waals surface area contributed by atoms with Gasteiger partial charge in [0, 0.05) is 11.5 Å². The zero-order valence-corrected chi connectivity index (χ0v) is 7.07. The Hall–Kier alpha value is -1.86. The van der Waals surface area contributed by atoms with E-state index >= 15 is 0 Å². The summed E-state index contributed by atoms with van der Waals surface area (Å²) in [6, 6.07) is 5.35. The van der Waals surface area contributed by atoms with Gasteiger partial charge in [-0.2, -0.15) is 4.99 Å². The molecule has 3 nitrogen and oxygen atoms in total. The predicted molar refractivity (Wildman–Crippen MR) is 48.7 cm³/mol. The van der Waals surface area contributed by atoms with Crippen LogP contribution in [-0.2, 0) is 4.79 Å². The van der Waals surface area contributed by atoms with Crippen LogP contribution in [0.1, 0.15) is 5.56 Å². The van der Waals surface area contributed by atoms with Crippen LogP contribution in [0.5, 0.6) is 0 Å². The van der Waals surface area contributed by atoms with E-state index in [0.717, 1.165) is 16.5 Å². The van der Waals surface area contributed by atoms with Crippen molar-refractivity contribution in [2.45, 2.75) is 6.92 Å². The van der Waals surface area contributed by atoms with E-state index in [-0.39, 0.29) is 0 Å². The van der Waals surface area contributed by atoms with E-state index in [1.165, 1.54) is 6.08 Å². The van der Waals surface area contributed by atoms with E-state index in [9.17, 15) is 4.79 Å². The molecule has 1 heterocycles. The molecule has 1 aromatic heterocycles. The molecule has 0 unspecified atom stereocenters. The van der Waals surface area contributed by atoms with Gasteiger partial charge in [-0.3, -0.25) is 0 Å². The Labute approximate surface area is 74.7 Å². The van der Waals surface area contributed by atoms with Crippen LogP contribution < -0.4 is 0 Å². The van der Waals surface area contributed by atoms with Gasteiger partial charge < -0.3 is 4.42 Å². The van der Waals surface area contributed by atoms with E-state index < -0.39 is 0 Å². The summed E-state index contributed by atoms with van der Waals surface area (Å²) in [6.07, 6.45) is 3.17. The number of fused-ring (bicyclic) bond motifs is 1. The SMILES string of the molecule is Cc1coc2cc(N=C=O)ccc12. The molecule has 0 saturated heterocycles. The number of carbonyl (C=O) groups excluding carboxylic acids is 1. The highest BCUT2D eigenvalue weighted by Crippen LogP contribution is 2.24. The van der Waals surface area contributed by atoms with Crippen molar-refractivity contribution in [3.05, 3.63) is 30.0 Å². The third-order valence-corrected chi connectivity index (χ3v) is 1.93. The Bertz CT molecular complexity index is 493. The summed E-state index contributed by atoms with van der Waals surface area (Å²) in [6.45, 7) is 1.97. The van der Waals surface area contributed by atoms with Gasteiger partial charge in [0.25, 0.3) is 0 Å². The molecule has 1 aromatic carbocycles. The van der Waals surface area contributed by atoms with E-state index in [1.54, 1.807) is 18.4 Å². The Balaban J connectivity index is 2.69. The minimum Gasteiger partial charge on any atom is -0.464 e. The maximum absolute atomic E-state index is 9.99. The minimum atomic E-state index is 0.567. The number of hydrogen-bond acceptors (Lipinski definition) is 3. The molecular weight excluding hydrogens is 166 g/mol. The second-order valence-corrected chi connectivity index (χ2v) is 2.80. The molecule has 0 aliphatic heterocycles. The lowest BCUT2D eigenvalue weighted by atomic mass is 10.2. The van der Waals surface area contributed by atoms with Gasteiger partial charge in [-0.15, -0.1) is 0 Å². The summed E-state index contributed by atoms with van der Waals surface area (Å²) < 4.78 is 5.25. The van der Waals surface area contributed by atoms with Gasteiger partial charge in [-0.25, -0.2) is 4.79 Å². The molecule has 64 valence electrons. The second kappa shape index (κ2) is 2.88. The van der Waals surface area contributed by atoms with Crippen molar-refractivity contribution >= 4 is 22.7 Å². The highest BCUT2D eigenvalue weighted by Gasteiger charge is 2.01. The lowest BCUT2D eigenvalue weighted by Gasteiger charge is -1.90. The Kier molecular flexibility index (Phi) is 1.72. The van der Waals surface area contributed by atoms with E-state index in [0.29, 0.717) is 5.69 Å². The van der Waals surface area contributed by atoms with Crippen LogP contribution in [0, 0.1) is 6.92 Å². The predicted octanol–water partition coefficient (Wildman–Crippen LogP) is 2.71. The van der Waals surface area contributed by atoms with Gasteiger partial charge in [0.2, 0.25) is 6.08 Å². The first-order valence-corrected chi connectivity index (χ1v) is 3.87. The number of hydrogen-bond donors (Lipinski definition) is 0. The summed E-state index contributed by atoms with van der Waals surface area (Å²) in [5, 5.41) is 1.05. The van der Waals surface area contributed by atoms with Gasteiger partial charge in [0.05, 0.1) is 12.0 Å². The van der Waals surface area contributed by atoms with Crippen LogP contribution in [-0.4, -0.2) is 6.08 Å². The Morgan fingerprint density at radius 2 is 2.31 bits per heavy atom. The normalized spacial score (nSPS) is 9.92. The highest BCUT2D eigenvalue weighted by atomic mass is 16.3. The largest absolute Gasteiger partial charge is 0.464 e. The van der Waals surface area contributed by atoms with Crippen molar-refractivity contribution in [1.82, 2.24) is 0 Å². The average Bonchev–Trinajstić information content (AvgIpc) is 2.48. The molecule has 0 fully saturated rings. The first-order valence-electron chi connectivity index (χ1n) is 3.87. The van der Waals surface area contributed by atoms with Gasteiger partial charge in [0.1, 0.15) is 5.58 Å². The number of isocyanates is 1. The first-order chi connectivity index (χ1) is 6.31. The molecule has 0 aliphatic carbocycles. The van der Waals surface area contributed by atoms with E-state index in [4.69, 9.17) is 4.42 Å². The highest BCUT2D eigenvalue weighted by molar-refractivity contribution is 5.83. The standard InChI is InChI=1S/C10H7NO2/c1-7-5-13-10-4-8(11-6-12)2-3-9(7)10/h2-5H,1H3. The molecule has 0 atom stereocenters. The molecule has 0 N–H and O–H groups in total. The van der Waals surface area contributed by atoms with Crippen molar-refractivity contribution in [1.29, 1.82) is 0 Å². The summed E-state index contributed by atoms with van der Waals surface area (Å²) in [5.41, 5.74) is 2.39. The maximum Gasteiger partial charge on any atom is 0.240 e. The number of benzene rings is 1. The van der Waals surface area contributed by atoms with Crippen LogP contribution in [0.3, 0.4) is 0 Å². The van der Waals surface area contributed by atoms with Gasteiger partial charge in [-0.1, -0.05) is 0 Å². The van der Waals surface area contributed by atoms with Crippen LogP contribution in [0.15, 0.2) is 33.9 Å². The van der Waals surface area contributed by atoms with Crippen LogP contribution in [0.25, 0.3) is 11.0 Å². The van der Waals surface area contributed by atoms with Crippen molar-refractivity contribution < 1.29 is 9.21 Å². The Morgan fingerprint density at radius 3 is 3.08 bits per heavy atom. The number of rotatable bonds is 1. The van der Waals surface area contributed by atoms with E-state index in [2.05, 4.69) is 4.99 Å². The molecule has 2 rings (SSSR count). The molecule has 0 aliphatic rings. The van der Waals surface area contributed by atoms with E-state index in [1.807, 2.05) is 13.0 Å². The second-order valence-electron chi connectivity index (χ2n) is 2.80. The average molecular weight is 173 g/mol. The topological polar surface area (TPSA) is 42.6 Å². The van der Waals surface area contributed by atoms with Gasteiger partial charge in [-0.05, 0) is 24.6 Å². The Morgan fingerprint density at radius 1 is 1.46 bits per heavy atom. The summed E-state index contributed by atoms with van der Waals surface area (Å²) in [7, 11) is 0. The third kappa shape index (κ3) is 1.25. The summed E-state index contributed by atoms with van der Waals surface area (Å²) in [5.74, 6) is 0. The lowest BCUT2D eigenvalue weighted by molar-refractivity contribution is 0.565. The number of nitrogens with zero attached hydrogens (tertiary/aromatic N) is 1. The fraction of sp³-hybridized carbons (Fsp3) is 0.100. The van der Waals surface area contributed by atoms with Crippen LogP contribution >= 0.6 is 0 Å².